The van der Waals surface area contributed by atoms with Crippen molar-refractivity contribution in [3.63, 3.8) is 0 Å². The van der Waals surface area contributed by atoms with Gasteiger partial charge in [0, 0.05) is 10.6 Å². The summed E-state index contributed by atoms with van der Waals surface area (Å²) in [6, 6.07) is 20.0. The van der Waals surface area contributed by atoms with E-state index in [0.29, 0.717) is 16.3 Å². The Morgan fingerprint density at radius 2 is 1.71 bits per heavy atom. The van der Waals surface area contributed by atoms with Crippen molar-refractivity contribution in [2.45, 2.75) is 13.5 Å². The Morgan fingerprint density at radius 1 is 0.964 bits per heavy atom. The van der Waals surface area contributed by atoms with Gasteiger partial charge < -0.3 is 0 Å². The minimum atomic E-state index is -3.97. The fourth-order valence-corrected chi connectivity index (χ4v) is 4.77. The maximum absolute atomic E-state index is 12.6. The summed E-state index contributed by atoms with van der Waals surface area (Å²) < 4.78 is 28.5. The van der Waals surface area contributed by atoms with E-state index in [2.05, 4.69) is 4.72 Å². The summed E-state index contributed by atoms with van der Waals surface area (Å²) in [7, 11) is -3.97. The van der Waals surface area contributed by atoms with Crippen LogP contribution >= 0.6 is 11.6 Å². The zero-order valence-corrected chi connectivity index (χ0v) is 16.6. The van der Waals surface area contributed by atoms with Gasteiger partial charge in [-0.15, -0.1) is 0 Å². The van der Waals surface area contributed by atoms with E-state index in [1.807, 2.05) is 55.5 Å². The highest BCUT2D eigenvalue weighted by Gasteiger charge is 2.34. The van der Waals surface area contributed by atoms with Crippen LogP contribution in [0.1, 0.15) is 21.5 Å². The zero-order chi connectivity index (χ0) is 19.9. The van der Waals surface area contributed by atoms with E-state index in [4.69, 9.17) is 11.6 Å². The van der Waals surface area contributed by atoms with Crippen LogP contribution in [-0.4, -0.2) is 14.3 Å². The molecule has 3 aromatic rings. The molecule has 28 heavy (non-hydrogen) atoms. The van der Waals surface area contributed by atoms with Crippen molar-refractivity contribution in [3.05, 3.63) is 88.4 Å². The van der Waals surface area contributed by atoms with Crippen LogP contribution in [0.15, 0.2) is 66.7 Å². The second-order valence-corrected chi connectivity index (χ2v) is 8.65. The number of fused-ring (bicyclic) bond motifs is 1. The van der Waals surface area contributed by atoms with Gasteiger partial charge in [0.15, 0.2) is 0 Å². The van der Waals surface area contributed by atoms with Crippen LogP contribution in [0.4, 0.5) is 5.69 Å². The molecule has 1 N–H and O–H groups in total. The summed E-state index contributed by atoms with van der Waals surface area (Å²) in [4.78, 5) is 12.5. The van der Waals surface area contributed by atoms with Crippen LogP contribution in [-0.2, 0) is 16.8 Å². The number of nitrogens with zero attached hydrogens (tertiary/aromatic N) is 1. The third-order valence-corrected chi connectivity index (χ3v) is 6.29. The van der Waals surface area contributed by atoms with Crippen LogP contribution < -0.4 is 9.03 Å². The first-order chi connectivity index (χ1) is 13.3. The average molecular weight is 413 g/mol. The Bertz CT molecular complexity index is 1180. The van der Waals surface area contributed by atoms with Crippen LogP contribution in [0.2, 0.25) is 5.02 Å². The fraction of sp³-hybridized carbons (Fsp3) is 0.0952. The van der Waals surface area contributed by atoms with Gasteiger partial charge >= 0.3 is 10.2 Å². The van der Waals surface area contributed by atoms with Crippen LogP contribution in [0.25, 0.3) is 11.1 Å². The molecule has 0 atom stereocenters. The molecule has 5 nitrogen and oxygen atoms in total. The number of aryl methyl sites for hydroxylation is 1. The van der Waals surface area contributed by atoms with E-state index < -0.39 is 16.1 Å². The summed E-state index contributed by atoms with van der Waals surface area (Å²) in [6.45, 7) is 2.07. The Balaban J connectivity index is 1.81. The van der Waals surface area contributed by atoms with Gasteiger partial charge in [-0.1, -0.05) is 60.1 Å². The van der Waals surface area contributed by atoms with E-state index in [1.165, 1.54) is 4.31 Å². The Morgan fingerprint density at radius 3 is 2.43 bits per heavy atom. The van der Waals surface area contributed by atoms with Crippen LogP contribution in [0, 0.1) is 6.92 Å². The topological polar surface area (TPSA) is 66.5 Å². The number of anilines is 1. The molecule has 1 aliphatic rings. The standard InChI is InChI=1S/C21H17ClN2O3S/c1-14-7-9-17(19(22)11-14)16-8-10-20-18(12-16)21(25)23-28(26,27)24(20)13-15-5-3-2-4-6-15/h2-12H,13H2,1H3,(H,23,25). The largest absolute Gasteiger partial charge is 0.326 e. The Hall–Kier alpha value is -2.83. The van der Waals surface area contributed by atoms with Crippen molar-refractivity contribution in [2.75, 3.05) is 4.31 Å². The van der Waals surface area contributed by atoms with Crippen molar-refractivity contribution in [3.8, 4) is 11.1 Å². The summed E-state index contributed by atoms with van der Waals surface area (Å²) in [5.74, 6) is -0.649. The maximum Gasteiger partial charge on any atom is 0.326 e. The molecule has 0 fully saturated rings. The van der Waals surface area contributed by atoms with Gasteiger partial charge in [-0.25, -0.2) is 9.03 Å². The lowest BCUT2D eigenvalue weighted by Gasteiger charge is -2.30. The fourth-order valence-electron chi connectivity index (χ4n) is 3.23. The molecular formula is C21H17ClN2O3S. The minimum Gasteiger partial charge on any atom is -0.268 e. The van der Waals surface area contributed by atoms with E-state index in [9.17, 15) is 13.2 Å². The van der Waals surface area contributed by atoms with Gasteiger partial charge in [0.1, 0.15) is 0 Å². The monoisotopic (exact) mass is 412 g/mol. The van der Waals surface area contributed by atoms with Gasteiger partial charge in [-0.05, 0) is 41.8 Å². The molecule has 0 spiro atoms. The molecule has 1 amide bonds. The van der Waals surface area contributed by atoms with Gasteiger partial charge in [-0.3, -0.25) is 4.79 Å². The number of benzene rings is 3. The number of carbonyl (C=O) groups excluding carboxylic acids is 1. The van der Waals surface area contributed by atoms with Crippen molar-refractivity contribution in [1.82, 2.24) is 4.72 Å². The quantitative estimate of drug-likeness (QED) is 0.697. The SMILES string of the molecule is Cc1ccc(-c2ccc3c(c2)C(=O)NS(=O)(=O)N3Cc2ccccc2)c(Cl)c1. The molecule has 7 heteroatoms. The molecule has 0 unspecified atom stereocenters. The van der Waals surface area contributed by atoms with E-state index in [-0.39, 0.29) is 6.54 Å². The molecule has 1 aliphatic heterocycles. The van der Waals surface area contributed by atoms with Crippen molar-refractivity contribution >= 4 is 33.4 Å². The zero-order valence-electron chi connectivity index (χ0n) is 15.0. The van der Waals surface area contributed by atoms with Gasteiger partial charge in [0.05, 0.1) is 17.8 Å². The molecule has 3 aromatic carbocycles. The predicted molar refractivity (Wildman–Crippen MR) is 111 cm³/mol. The number of halogens is 1. The highest BCUT2D eigenvalue weighted by atomic mass is 35.5. The molecule has 0 radical (unpaired) electrons. The molecule has 142 valence electrons. The van der Waals surface area contributed by atoms with Crippen molar-refractivity contribution < 1.29 is 13.2 Å². The lowest BCUT2D eigenvalue weighted by molar-refractivity contribution is 0.0980. The molecule has 1 heterocycles. The molecular weight excluding hydrogens is 396 g/mol. The number of nitrogens with one attached hydrogen (secondary N) is 1. The first-order valence-electron chi connectivity index (χ1n) is 8.64. The molecule has 0 bridgehead atoms. The van der Waals surface area contributed by atoms with Gasteiger partial charge in [0.25, 0.3) is 5.91 Å². The van der Waals surface area contributed by atoms with Gasteiger partial charge in [-0.2, -0.15) is 8.42 Å². The molecule has 0 aromatic heterocycles. The summed E-state index contributed by atoms with van der Waals surface area (Å²) in [6.07, 6.45) is 0. The molecule has 0 saturated heterocycles. The molecule has 4 rings (SSSR count). The lowest BCUT2D eigenvalue weighted by atomic mass is 10.00. The van der Waals surface area contributed by atoms with Crippen LogP contribution in [0.3, 0.4) is 0 Å². The molecule has 0 saturated carbocycles. The second kappa shape index (κ2) is 6.96. The lowest BCUT2D eigenvalue weighted by Crippen LogP contribution is -2.48. The smallest absolute Gasteiger partial charge is 0.268 e. The van der Waals surface area contributed by atoms with Crippen LogP contribution in [0.5, 0.6) is 0 Å². The van der Waals surface area contributed by atoms with E-state index in [1.54, 1.807) is 18.2 Å². The molecule has 0 aliphatic carbocycles. The van der Waals surface area contributed by atoms with Crippen molar-refractivity contribution in [2.24, 2.45) is 0 Å². The first-order valence-corrected chi connectivity index (χ1v) is 10.5. The summed E-state index contributed by atoms with van der Waals surface area (Å²) in [5.41, 5.74) is 4.02. The Kier molecular flexibility index (Phi) is 4.61. The third kappa shape index (κ3) is 3.37. The van der Waals surface area contributed by atoms with Gasteiger partial charge in [0.2, 0.25) is 0 Å². The summed E-state index contributed by atoms with van der Waals surface area (Å²) in [5, 5.41) is 0.574. The highest BCUT2D eigenvalue weighted by molar-refractivity contribution is 7.91. The van der Waals surface area contributed by atoms with E-state index >= 15 is 0 Å². The Labute approximate surface area is 168 Å². The highest BCUT2D eigenvalue weighted by Crippen LogP contribution is 2.35. The summed E-state index contributed by atoms with van der Waals surface area (Å²) >= 11 is 6.36. The number of hydrogen-bond donors (Lipinski definition) is 1. The first kappa shape index (κ1) is 18.5. The maximum atomic E-state index is 12.6. The number of carbonyl (C=O) groups is 1. The van der Waals surface area contributed by atoms with Crippen molar-refractivity contribution in [1.29, 1.82) is 0 Å². The third-order valence-electron chi connectivity index (χ3n) is 4.63. The minimum absolute atomic E-state index is 0.126. The number of hydrogen-bond acceptors (Lipinski definition) is 3. The van der Waals surface area contributed by atoms with E-state index in [0.717, 1.165) is 22.3 Å². The number of rotatable bonds is 3. The number of amides is 1. The normalized spacial score (nSPS) is 15.1. The second-order valence-electron chi connectivity index (χ2n) is 6.64. The average Bonchev–Trinajstić information content (AvgIpc) is 2.65. The predicted octanol–water partition coefficient (Wildman–Crippen LogP) is 4.31.